The van der Waals surface area contributed by atoms with Crippen LogP contribution in [0.15, 0.2) is 24.3 Å². The molecule has 0 aliphatic carbocycles. The van der Waals surface area contributed by atoms with Crippen LogP contribution < -0.4 is 16.0 Å². The first-order chi connectivity index (χ1) is 9.65. The highest BCUT2D eigenvalue weighted by Gasteiger charge is 2.17. The zero-order valence-electron chi connectivity index (χ0n) is 11.6. The number of carbonyl (C=O) groups excluding carboxylic acids is 1. The summed E-state index contributed by atoms with van der Waals surface area (Å²) < 4.78 is 5.68. The fourth-order valence-corrected chi connectivity index (χ4v) is 1.96. The molecule has 1 aromatic heterocycles. The summed E-state index contributed by atoms with van der Waals surface area (Å²) in [4.78, 5) is 11.7. The lowest BCUT2D eigenvalue weighted by Gasteiger charge is -2.07. The van der Waals surface area contributed by atoms with Crippen molar-refractivity contribution in [3.05, 3.63) is 46.8 Å². The Labute approximate surface area is 117 Å². The fraction of sp³-hybridized carbons (Fsp3) is 0.286. The van der Waals surface area contributed by atoms with Crippen LogP contribution in [0, 0.1) is 6.92 Å². The molecular weight excluding hydrogens is 256 g/mol. The molecule has 6 nitrogen and oxygen atoms in total. The monoisotopic (exact) mass is 274 g/mol. The van der Waals surface area contributed by atoms with Gasteiger partial charge in [0.15, 0.2) is 0 Å². The van der Waals surface area contributed by atoms with Crippen LogP contribution in [0.1, 0.15) is 34.2 Å². The van der Waals surface area contributed by atoms with Gasteiger partial charge in [-0.3, -0.25) is 15.3 Å². The zero-order valence-corrected chi connectivity index (χ0v) is 11.6. The summed E-state index contributed by atoms with van der Waals surface area (Å²) in [7, 11) is 0. The Kier molecular flexibility index (Phi) is 4.37. The van der Waals surface area contributed by atoms with Crippen molar-refractivity contribution in [2.45, 2.75) is 26.9 Å². The molecule has 0 atom stereocenters. The van der Waals surface area contributed by atoms with E-state index in [0.29, 0.717) is 17.0 Å². The van der Waals surface area contributed by atoms with Gasteiger partial charge in [-0.1, -0.05) is 19.1 Å². The molecule has 2 aromatic rings. The maximum atomic E-state index is 11.7. The van der Waals surface area contributed by atoms with Crippen LogP contribution in [0.4, 0.5) is 0 Å². The van der Waals surface area contributed by atoms with Crippen molar-refractivity contribution < 1.29 is 9.53 Å². The van der Waals surface area contributed by atoms with Crippen molar-refractivity contribution in [3.8, 4) is 5.75 Å². The third-order valence-corrected chi connectivity index (χ3v) is 3.06. The third-order valence-electron chi connectivity index (χ3n) is 3.06. The quantitative estimate of drug-likeness (QED) is 0.437. The molecule has 0 saturated heterocycles. The van der Waals surface area contributed by atoms with Crippen molar-refractivity contribution in [2.75, 3.05) is 0 Å². The van der Waals surface area contributed by atoms with E-state index in [-0.39, 0.29) is 12.5 Å². The number of aromatic amines is 1. The van der Waals surface area contributed by atoms with E-state index in [1.807, 2.05) is 24.3 Å². The summed E-state index contributed by atoms with van der Waals surface area (Å²) in [5, 5.41) is 6.84. The number of nitrogens with one attached hydrogen (secondary N) is 2. The molecule has 0 radical (unpaired) electrons. The maximum absolute atomic E-state index is 11.7. The number of nitrogens with two attached hydrogens (primary N) is 1. The minimum atomic E-state index is -0.378. The van der Waals surface area contributed by atoms with Crippen LogP contribution in [-0.4, -0.2) is 16.1 Å². The minimum absolute atomic E-state index is 0.209. The first-order valence-electron chi connectivity index (χ1n) is 6.42. The third kappa shape index (κ3) is 2.97. The van der Waals surface area contributed by atoms with Crippen LogP contribution in [0.25, 0.3) is 0 Å². The van der Waals surface area contributed by atoms with E-state index < -0.39 is 0 Å². The van der Waals surface area contributed by atoms with Gasteiger partial charge < -0.3 is 4.74 Å². The second-order valence-corrected chi connectivity index (χ2v) is 4.43. The molecule has 0 saturated carbocycles. The molecule has 1 amide bonds. The second-order valence-electron chi connectivity index (χ2n) is 4.43. The van der Waals surface area contributed by atoms with Crippen LogP contribution in [0.5, 0.6) is 5.75 Å². The lowest BCUT2D eigenvalue weighted by Crippen LogP contribution is -2.31. The van der Waals surface area contributed by atoms with E-state index in [0.717, 1.165) is 12.2 Å². The average Bonchev–Trinajstić information content (AvgIpc) is 2.85. The molecule has 2 rings (SSSR count). The van der Waals surface area contributed by atoms with Gasteiger partial charge in [0, 0.05) is 5.69 Å². The Balaban J connectivity index is 2.13. The molecule has 1 heterocycles. The van der Waals surface area contributed by atoms with Crippen molar-refractivity contribution in [1.29, 1.82) is 0 Å². The first-order valence-corrected chi connectivity index (χ1v) is 6.42. The molecule has 106 valence electrons. The Morgan fingerprint density at radius 2 is 2.30 bits per heavy atom. The summed E-state index contributed by atoms with van der Waals surface area (Å²) >= 11 is 0. The molecule has 0 unspecified atom stereocenters. The first kappa shape index (κ1) is 14.1. The zero-order chi connectivity index (χ0) is 14.5. The molecular formula is C14H18N4O2. The maximum Gasteiger partial charge on any atom is 0.269 e. The number of benzene rings is 1. The highest BCUT2D eigenvalue weighted by molar-refractivity contribution is 5.95. The number of carbonyl (C=O) groups is 1. The van der Waals surface area contributed by atoms with Gasteiger partial charge >= 0.3 is 0 Å². The molecule has 0 spiro atoms. The Bertz CT molecular complexity index is 607. The number of nitrogens with zero attached hydrogens (tertiary/aromatic N) is 1. The summed E-state index contributed by atoms with van der Waals surface area (Å²) in [6.45, 7) is 4.05. The smallest absolute Gasteiger partial charge is 0.269 e. The van der Waals surface area contributed by atoms with Gasteiger partial charge in [0.2, 0.25) is 0 Å². The van der Waals surface area contributed by atoms with E-state index in [9.17, 15) is 4.79 Å². The predicted molar refractivity (Wildman–Crippen MR) is 75.1 cm³/mol. The van der Waals surface area contributed by atoms with Gasteiger partial charge in [0.25, 0.3) is 5.91 Å². The topological polar surface area (TPSA) is 93.0 Å². The fourth-order valence-electron chi connectivity index (χ4n) is 1.96. The molecule has 0 aliphatic rings. The van der Waals surface area contributed by atoms with Gasteiger partial charge in [-0.25, -0.2) is 5.84 Å². The second kappa shape index (κ2) is 6.21. The number of amides is 1. The van der Waals surface area contributed by atoms with E-state index in [1.165, 1.54) is 5.56 Å². The molecule has 1 aromatic carbocycles. The van der Waals surface area contributed by atoms with Gasteiger partial charge in [0.05, 0.1) is 5.56 Å². The largest absolute Gasteiger partial charge is 0.487 e. The molecule has 20 heavy (non-hydrogen) atoms. The molecule has 0 aliphatic heterocycles. The van der Waals surface area contributed by atoms with Crippen molar-refractivity contribution in [1.82, 2.24) is 15.6 Å². The summed E-state index contributed by atoms with van der Waals surface area (Å²) in [6, 6.07) is 7.83. The number of aromatic nitrogens is 2. The molecule has 0 fully saturated rings. The molecule has 6 heteroatoms. The van der Waals surface area contributed by atoms with Crippen LogP contribution in [0.2, 0.25) is 0 Å². The SMILES string of the molecule is CCc1cccc(OCc2n[nH]c(C)c2C(=O)NN)c1. The Hall–Kier alpha value is -2.34. The summed E-state index contributed by atoms with van der Waals surface area (Å²) in [5.74, 6) is 5.54. The van der Waals surface area contributed by atoms with Crippen LogP contribution >= 0.6 is 0 Å². The number of H-pyrrole nitrogens is 1. The summed E-state index contributed by atoms with van der Waals surface area (Å²) in [5.41, 5.74) is 4.93. The Morgan fingerprint density at radius 1 is 1.50 bits per heavy atom. The molecule has 4 N–H and O–H groups in total. The lowest BCUT2D eigenvalue weighted by atomic mass is 10.1. The number of nitrogen functional groups attached to an aromatic ring is 1. The van der Waals surface area contributed by atoms with Gasteiger partial charge in [-0.2, -0.15) is 5.10 Å². The number of aryl methyl sites for hydroxylation is 2. The van der Waals surface area contributed by atoms with E-state index in [1.54, 1.807) is 6.92 Å². The van der Waals surface area contributed by atoms with Gasteiger partial charge in [0.1, 0.15) is 18.1 Å². The normalized spacial score (nSPS) is 10.3. The molecule has 0 bridgehead atoms. The highest BCUT2D eigenvalue weighted by atomic mass is 16.5. The van der Waals surface area contributed by atoms with Crippen LogP contribution in [-0.2, 0) is 13.0 Å². The minimum Gasteiger partial charge on any atom is -0.487 e. The van der Waals surface area contributed by atoms with E-state index >= 15 is 0 Å². The highest BCUT2D eigenvalue weighted by Crippen LogP contribution is 2.17. The lowest BCUT2D eigenvalue weighted by molar-refractivity contribution is 0.0950. The van der Waals surface area contributed by atoms with Gasteiger partial charge in [-0.15, -0.1) is 0 Å². The van der Waals surface area contributed by atoms with Crippen molar-refractivity contribution in [2.24, 2.45) is 5.84 Å². The number of hydrogen-bond donors (Lipinski definition) is 3. The van der Waals surface area contributed by atoms with Gasteiger partial charge in [-0.05, 0) is 31.0 Å². The van der Waals surface area contributed by atoms with E-state index in [2.05, 4.69) is 22.5 Å². The van der Waals surface area contributed by atoms with Crippen molar-refractivity contribution >= 4 is 5.91 Å². The standard InChI is InChI=1S/C14H18N4O2/c1-3-10-5-4-6-11(7-10)20-8-12-13(14(19)16-15)9(2)17-18-12/h4-7H,3,8,15H2,1-2H3,(H,16,19)(H,17,18). The average molecular weight is 274 g/mol. The number of hydrazine groups is 1. The number of rotatable bonds is 5. The van der Waals surface area contributed by atoms with Crippen molar-refractivity contribution in [3.63, 3.8) is 0 Å². The van der Waals surface area contributed by atoms with E-state index in [4.69, 9.17) is 10.6 Å². The van der Waals surface area contributed by atoms with Crippen LogP contribution in [0.3, 0.4) is 0 Å². The Morgan fingerprint density at radius 3 is 3.00 bits per heavy atom. The predicted octanol–water partition coefficient (Wildman–Crippen LogP) is 1.46. The summed E-state index contributed by atoms with van der Waals surface area (Å²) in [6.07, 6.45) is 0.944. The number of hydrogen-bond acceptors (Lipinski definition) is 4. The number of ether oxygens (including phenoxy) is 1.